The van der Waals surface area contributed by atoms with Crippen molar-refractivity contribution in [3.8, 4) is 5.88 Å². The van der Waals surface area contributed by atoms with Gasteiger partial charge in [-0.25, -0.2) is 0 Å². The molecule has 0 spiro atoms. The number of anilines is 1. The number of aliphatic hydroxyl groups is 1. The predicted molar refractivity (Wildman–Crippen MR) is 83.8 cm³/mol. The number of halogens is 2. The van der Waals surface area contributed by atoms with Crippen LogP contribution in [0.3, 0.4) is 0 Å². The molecule has 108 valence electrons. The maximum Gasteiger partial charge on any atom is 0.245 e. The summed E-state index contributed by atoms with van der Waals surface area (Å²) in [6.07, 6.45) is 0.852. The highest BCUT2D eigenvalue weighted by molar-refractivity contribution is 9.10. The molecule has 20 heavy (non-hydrogen) atoms. The minimum absolute atomic E-state index is 0.148. The van der Waals surface area contributed by atoms with Crippen molar-refractivity contribution in [2.75, 3.05) is 18.5 Å². The molecule has 0 aliphatic heterocycles. The van der Waals surface area contributed by atoms with E-state index in [2.05, 4.69) is 30.0 Å². The summed E-state index contributed by atoms with van der Waals surface area (Å²) in [5.41, 5.74) is 1.82. The largest absolute Gasteiger partial charge is 0.473 e. The van der Waals surface area contributed by atoms with Crippen LogP contribution >= 0.6 is 39.3 Å². The van der Waals surface area contributed by atoms with Gasteiger partial charge in [-0.3, -0.25) is 0 Å². The van der Waals surface area contributed by atoms with Crippen LogP contribution in [0.15, 0.2) is 22.8 Å². The van der Waals surface area contributed by atoms with Gasteiger partial charge >= 0.3 is 0 Å². The lowest BCUT2D eigenvalue weighted by Crippen LogP contribution is -2.26. The molecule has 0 bridgehead atoms. The maximum absolute atomic E-state index is 9.84. The molecule has 0 radical (unpaired) electrons. The molecule has 1 aromatic heterocycles. The summed E-state index contributed by atoms with van der Waals surface area (Å²) in [5, 5.41) is 13.6. The van der Waals surface area contributed by atoms with Crippen LogP contribution in [-0.2, 0) is 0 Å². The highest BCUT2D eigenvalue weighted by Crippen LogP contribution is 2.29. The van der Waals surface area contributed by atoms with Gasteiger partial charge in [0.15, 0.2) is 0 Å². The topological polar surface area (TPSA) is 67.3 Å². The average Bonchev–Trinajstić information content (AvgIpc) is 2.92. The number of aryl methyl sites for hydroxylation is 1. The Morgan fingerprint density at radius 1 is 1.55 bits per heavy atom. The van der Waals surface area contributed by atoms with Crippen molar-refractivity contribution >= 4 is 44.9 Å². The Morgan fingerprint density at radius 2 is 2.35 bits per heavy atom. The first-order valence-electron chi connectivity index (χ1n) is 5.84. The maximum atomic E-state index is 9.84. The zero-order valence-corrected chi connectivity index (χ0v) is 13.8. The molecular formula is C12H13BrClN3O2S. The molecule has 0 saturated heterocycles. The molecule has 2 N–H and O–H groups in total. The molecule has 1 heterocycles. The van der Waals surface area contributed by atoms with Gasteiger partial charge in [-0.1, -0.05) is 11.6 Å². The molecule has 1 unspecified atom stereocenters. The van der Waals surface area contributed by atoms with E-state index in [-0.39, 0.29) is 6.61 Å². The summed E-state index contributed by atoms with van der Waals surface area (Å²) in [6, 6.07) is 3.74. The van der Waals surface area contributed by atoms with E-state index in [0.717, 1.165) is 27.5 Å². The molecule has 0 aliphatic rings. The van der Waals surface area contributed by atoms with E-state index in [1.165, 1.54) is 6.20 Å². The van der Waals surface area contributed by atoms with Crippen molar-refractivity contribution in [3.05, 3.63) is 33.4 Å². The van der Waals surface area contributed by atoms with Gasteiger partial charge in [-0.2, -0.15) is 4.37 Å². The number of nitrogens with one attached hydrogen (secondary N) is 1. The van der Waals surface area contributed by atoms with E-state index in [9.17, 15) is 5.11 Å². The first-order chi connectivity index (χ1) is 9.56. The zero-order valence-electron chi connectivity index (χ0n) is 10.6. The van der Waals surface area contributed by atoms with Gasteiger partial charge in [-0.15, -0.1) is 4.37 Å². The van der Waals surface area contributed by atoms with Crippen LogP contribution in [0.4, 0.5) is 5.69 Å². The van der Waals surface area contributed by atoms with Crippen LogP contribution in [0.25, 0.3) is 0 Å². The minimum atomic E-state index is -0.663. The van der Waals surface area contributed by atoms with Gasteiger partial charge in [0, 0.05) is 16.0 Å². The van der Waals surface area contributed by atoms with E-state index in [1.54, 1.807) is 0 Å². The van der Waals surface area contributed by atoms with Crippen molar-refractivity contribution in [3.63, 3.8) is 0 Å². The smallest absolute Gasteiger partial charge is 0.245 e. The lowest BCUT2D eigenvalue weighted by atomic mass is 10.2. The summed E-state index contributed by atoms with van der Waals surface area (Å²) >= 11 is 10.6. The highest BCUT2D eigenvalue weighted by atomic mass is 79.9. The molecule has 0 fully saturated rings. The molecule has 2 aromatic rings. The van der Waals surface area contributed by atoms with E-state index in [1.807, 2.05) is 19.1 Å². The Kier molecular flexibility index (Phi) is 5.59. The minimum Gasteiger partial charge on any atom is -0.473 e. The molecule has 5 nitrogen and oxygen atoms in total. The fourth-order valence-electron chi connectivity index (χ4n) is 1.47. The van der Waals surface area contributed by atoms with E-state index >= 15 is 0 Å². The Bertz CT molecular complexity index is 568. The second-order valence-electron chi connectivity index (χ2n) is 4.17. The van der Waals surface area contributed by atoms with Gasteiger partial charge in [0.1, 0.15) is 18.9 Å². The number of hydrogen-bond acceptors (Lipinski definition) is 6. The third-order valence-corrected chi connectivity index (χ3v) is 4.07. The second-order valence-corrected chi connectivity index (χ2v) is 5.99. The van der Waals surface area contributed by atoms with E-state index in [4.69, 9.17) is 16.3 Å². The molecular weight excluding hydrogens is 366 g/mol. The second kappa shape index (κ2) is 7.21. The third-order valence-electron chi connectivity index (χ3n) is 2.54. The number of aliphatic hydroxyl groups excluding tert-OH is 1. The SMILES string of the molecule is Cc1cc(Br)c(NCC(O)COc2cnsn2)cc1Cl. The standard InChI is InChI=1S/C12H13BrClN3O2S/c1-7-2-9(13)11(3-10(7)14)15-4-8(18)6-19-12-5-16-20-17-12/h2-3,5,8,15,18H,4,6H2,1H3. The Morgan fingerprint density at radius 3 is 3.05 bits per heavy atom. The normalized spacial score (nSPS) is 12.2. The average molecular weight is 379 g/mol. The van der Waals surface area contributed by atoms with Crippen LogP contribution < -0.4 is 10.1 Å². The van der Waals surface area contributed by atoms with Gasteiger partial charge in [0.05, 0.1) is 17.4 Å². The molecule has 1 aromatic carbocycles. The molecule has 8 heteroatoms. The van der Waals surface area contributed by atoms with Crippen molar-refractivity contribution in [2.24, 2.45) is 0 Å². The van der Waals surface area contributed by atoms with Crippen molar-refractivity contribution in [1.82, 2.24) is 8.75 Å². The van der Waals surface area contributed by atoms with Crippen molar-refractivity contribution < 1.29 is 9.84 Å². The predicted octanol–water partition coefficient (Wildman–Crippen LogP) is 3.11. The quantitative estimate of drug-likeness (QED) is 0.808. The summed E-state index contributed by atoms with van der Waals surface area (Å²) < 4.78 is 13.9. The zero-order chi connectivity index (χ0) is 14.5. The Hall–Kier alpha value is -0.890. The summed E-state index contributed by atoms with van der Waals surface area (Å²) in [6.45, 7) is 2.42. The fourth-order valence-corrected chi connectivity index (χ4v) is 2.60. The van der Waals surface area contributed by atoms with E-state index < -0.39 is 6.10 Å². The monoisotopic (exact) mass is 377 g/mol. The van der Waals surface area contributed by atoms with Crippen LogP contribution in [0.1, 0.15) is 5.56 Å². The molecule has 0 saturated carbocycles. The van der Waals surface area contributed by atoms with Gasteiger partial charge < -0.3 is 15.2 Å². The van der Waals surface area contributed by atoms with Gasteiger partial charge in [0.25, 0.3) is 0 Å². The number of aromatic nitrogens is 2. The summed E-state index contributed by atoms with van der Waals surface area (Å²) in [5.74, 6) is 0.425. The first-order valence-corrected chi connectivity index (χ1v) is 7.74. The van der Waals surface area contributed by atoms with Crippen LogP contribution in [0, 0.1) is 6.92 Å². The lowest BCUT2D eigenvalue weighted by Gasteiger charge is -2.14. The van der Waals surface area contributed by atoms with Crippen LogP contribution in [-0.4, -0.2) is 33.1 Å². The van der Waals surface area contributed by atoms with Crippen molar-refractivity contribution in [2.45, 2.75) is 13.0 Å². The third kappa shape index (κ3) is 4.31. The van der Waals surface area contributed by atoms with Crippen LogP contribution in [0.2, 0.25) is 5.02 Å². The Balaban J connectivity index is 1.84. The van der Waals surface area contributed by atoms with Gasteiger partial charge in [0.2, 0.25) is 5.88 Å². The van der Waals surface area contributed by atoms with E-state index in [0.29, 0.717) is 17.4 Å². The van der Waals surface area contributed by atoms with Gasteiger partial charge in [-0.05, 0) is 40.5 Å². The van der Waals surface area contributed by atoms with Crippen LogP contribution in [0.5, 0.6) is 5.88 Å². The lowest BCUT2D eigenvalue weighted by molar-refractivity contribution is 0.115. The number of nitrogens with zero attached hydrogens (tertiary/aromatic N) is 2. The summed E-state index contributed by atoms with van der Waals surface area (Å²) in [7, 11) is 0. The molecule has 0 aliphatic carbocycles. The summed E-state index contributed by atoms with van der Waals surface area (Å²) in [4.78, 5) is 0. The first kappa shape index (κ1) is 15.5. The number of hydrogen-bond donors (Lipinski definition) is 2. The highest BCUT2D eigenvalue weighted by Gasteiger charge is 2.09. The number of ether oxygens (including phenoxy) is 1. The molecule has 0 amide bonds. The number of benzene rings is 1. The molecule has 2 rings (SSSR count). The fraction of sp³-hybridized carbons (Fsp3) is 0.333. The Labute approximate surface area is 134 Å². The molecule has 1 atom stereocenters. The number of rotatable bonds is 6. The van der Waals surface area contributed by atoms with Crippen molar-refractivity contribution in [1.29, 1.82) is 0 Å².